The summed E-state index contributed by atoms with van der Waals surface area (Å²) < 4.78 is 43.0. The molecule has 0 spiro atoms. The summed E-state index contributed by atoms with van der Waals surface area (Å²) in [6, 6.07) is 1.74. The first-order valence-corrected chi connectivity index (χ1v) is 7.50. The highest BCUT2D eigenvalue weighted by Gasteiger charge is 2.33. The highest BCUT2D eigenvalue weighted by molar-refractivity contribution is 5.90. The highest BCUT2D eigenvalue weighted by Crippen LogP contribution is 2.32. The van der Waals surface area contributed by atoms with Gasteiger partial charge in [-0.2, -0.15) is 13.2 Å². The lowest BCUT2D eigenvalue weighted by Gasteiger charge is -2.23. The number of hydrogen-bond acceptors (Lipinski definition) is 5. The first-order valence-electron chi connectivity index (χ1n) is 7.50. The zero-order valence-corrected chi connectivity index (χ0v) is 14.3. The van der Waals surface area contributed by atoms with E-state index in [0.29, 0.717) is 12.1 Å². The van der Waals surface area contributed by atoms with Crippen molar-refractivity contribution in [1.29, 1.82) is 0 Å². The van der Waals surface area contributed by atoms with Crippen molar-refractivity contribution in [2.24, 2.45) is 0 Å². The minimum Gasteiger partial charge on any atom is -0.478 e. The maximum Gasteiger partial charge on any atom is 0.416 e. The lowest BCUT2D eigenvalue weighted by molar-refractivity contribution is -0.137. The van der Waals surface area contributed by atoms with Crippen molar-refractivity contribution in [2.45, 2.75) is 44.8 Å². The van der Waals surface area contributed by atoms with Crippen LogP contribution in [0.4, 0.5) is 18.0 Å². The van der Waals surface area contributed by atoms with Gasteiger partial charge in [-0.1, -0.05) is 6.07 Å². The molecule has 0 bridgehead atoms. The molecule has 26 heavy (non-hydrogen) atoms. The molecule has 0 aliphatic heterocycles. The van der Waals surface area contributed by atoms with Crippen LogP contribution in [0.15, 0.2) is 18.2 Å². The van der Waals surface area contributed by atoms with E-state index in [1.54, 1.807) is 20.8 Å². The quantitative estimate of drug-likeness (QED) is 0.624. The van der Waals surface area contributed by atoms with Gasteiger partial charge in [-0.25, -0.2) is 9.59 Å². The molecule has 7 nitrogen and oxygen atoms in total. The molecular weight excluding hydrogens is 359 g/mol. The van der Waals surface area contributed by atoms with Gasteiger partial charge in [0.15, 0.2) is 0 Å². The van der Waals surface area contributed by atoms with Gasteiger partial charge in [0.2, 0.25) is 0 Å². The number of aliphatic hydroxyl groups excluding tert-OH is 2. The first kappa shape index (κ1) is 21.7. The zero-order chi connectivity index (χ0) is 20.3. The predicted molar refractivity (Wildman–Crippen MR) is 83.6 cm³/mol. The number of aliphatic hydroxyl groups is 2. The van der Waals surface area contributed by atoms with Crippen molar-refractivity contribution in [3.05, 3.63) is 34.9 Å². The Kier molecular flexibility index (Phi) is 6.61. The Bertz CT molecular complexity index is 669. The lowest BCUT2D eigenvalue weighted by Crippen LogP contribution is -2.39. The number of aromatic carboxylic acids is 1. The van der Waals surface area contributed by atoms with Crippen LogP contribution in [0.3, 0.4) is 0 Å². The fraction of sp³-hybridized carbons (Fsp3) is 0.500. The van der Waals surface area contributed by atoms with Gasteiger partial charge in [0.25, 0.3) is 0 Å². The van der Waals surface area contributed by atoms with E-state index in [1.165, 1.54) is 0 Å². The maximum atomic E-state index is 12.7. The van der Waals surface area contributed by atoms with E-state index < -0.39 is 59.3 Å². The van der Waals surface area contributed by atoms with Crippen LogP contribution < -0.4 is 5.32 Å². The Labute approximate surface area is 147 Å². The van der Waals surface area contributed by atoms with E-state index in [1.807, 2.05) is 0 Å². The topological polar surface area (TPSA) is 116 Å². The van der Waals surface area contributed by atoms with E-state index in [-0.39, 0.29) is 0 Å². The second-order valence-electron chi connectivity index (χ2n) is 6.50. The number of carboxylic acid groups (broad SMARTS) is 1. The number of carbonyl (C=O) groups is 2. The molecule has 0 radical (unpaired) electrons. The lowest BCUT2D eigenvalue weighted by atomic mass is 9.96. The summed E-state index contributed by atoms with van der Waals surface area (Å²) in [6.07, 6.45) is -9.14. The van der Waals surface area contributed by atoms with Gasteiger partial charge in [0.05, 0.1) is 11.1 Å². The number of benzene rings is 1. The third kappa shape index (κ3) is 6.19. The van der Waals surface area contributed by atoms with Crippen LogP contribution in [-0.4, -0.2) is 45.6 Å². The molecule has 0 aliphatic carbocycles. The Morgan fingerprint density at radius 2 is 1.77 bits per heavy atom. The van der Waals surface area contributed by atoms with Gasteiger partial charge in [-0.15, -0.1) is 0 Å². The summed E-state index contributed by atoms with van der Waals surface area (Å²) in [5, 5.41) is 31.2. The standard InChI is InChI=1S/C16H20F3NO6/c1-15(2,3)26-14(25)20-7-11(21)12(22)9-5-4-8(16(17,18)19)6-10(9)13(23)24/h4-6,11-12,21-22H,7H2,1-3H3,(H,20,25)(H,23,24). The maximum absolute atomic E-state index is 12.7. The Morgan fingerprint density at radius 1 is 1.19 bits per heavy atom. The van der Waals surface area contributed by atoms with Crippen molar-refractivity contribution >= 4 is 12.1 Å². The molecule has 0 heterocycles. The molecular formula is C16H20F3NO6. The monoisotopic (exact) mass is 379 g/mol. The van der Waals surface area contributed by atoms with Crippen molar-refractivity contribution < 1.29 is 42.8 Å². The second-order valence-corrected chi connectivity index (χ2v) is 6.50. The largest absolute Gasteiger partial charge is 0.478 e. The summed E-state index contributed by atoms with van der Waals surface area (Å²) in [5.74, 6) is -1.70. The molecule has 1 aromatic carbocycles. The van der Waals surface area contributed by atoms with Crippen molar-refractivity contribution in [3.63, 3.8) is 0 Å². The second kappa shape index (κ2) is 7.92. The third-order valence-corrected chi connectivity index (χ3v) is 3.15. The summed E-state index contributed by atoms with van der Waals surface area (Å²) >= 11 is 0. The molecule has 0 fully saturated rings. The minimum absolute atomic E-state index is 0.370. The van der Waals surface area contributed by atoms with Crippen LogP contribution in [0, 0.1) is 0 Å². The number of nitrogens with one attached hydrogen (secondary N) is 1. The number of rotatable bonds is 5. The summed E-state index contributed by atoms with van der Waals surface area (Å²) in [7, 11) is 0. The van der Waals surface area contributed by atoms with Crippen LogP contribution >= 0.6 is 0 Å². The van der Waals surface area contributed by atoms with Crippen LogP contribution in [-0.2, 0) is 10.9 Å². The van der Waals surface area contributed by atoms with Crippen LogP contribution in [0.1, 0.15) is 48.4 Å². The van der Waals surface area contributed by atoms with Gasteiger partial charge >= 0.3 is 18.2 Å². The normalized spacial score (nSPS) is 14.5. The molecule has 2 unspecified atom stereocenters. The number of hydrogen-bond donors (Lipinski definition) is 4. The van der Waals surface area contributed by atoms with Gasteiger partial charge in [-0.3, -0.25) is 0 Å². The van der Waals surface area contributed by atoms with E-state index in [0.717, 1.165) is 6.07 Å². The minimum atomic E-state index is -4.76. The van der Waals surface area contributed by atoms with E-state index >= 15 is 0 Å². The smallest absolute Gasteiger partial charge is 0.416 e. The number of halogens is 3. The fourth-order valence-corrected chi connectivity index (χ4v) is 2.00. The summed E-state index contributed by atoms with van der Waals surface area (Å²) in [5.41, 5.74) is -3.21. The van der Waals surface area contributed by atoms with E-state index in [9.17, 15) is 33.0 Å². The van der Waals surface area contributed by atoms with Crippen LogP contribution in [0.25, 0.3) is 0 Å². The van der Waals surface area contributed by atoms with E-state index in [2.05, 4.69) is 5.32 Å². The summed E-state index contributed by atoms with van der Waals surface area (Å²) in [6.45, 7) is 4.33. The van der Waals surface area contributed by atoms with E-state index in [4.69, 9.17) is 9.84 Å². The van der Waals surface area contributed by atoms with Crippen molar-refractivity contribution in [1.82, 2.24) is 5.32 Å². The molecule has 4 N–H and O–H groups in total. The number of alkyl carbamates (subject to hydrolysis) is 1. The Balaban J connectivity index is 2.93. The molecule has 146 valence electrons. The number of amides is 1. The van der Waals surface area contributed by atoms with Crippen molar-refractivity contribution in [2.75, 3.05) is 6.54 Å². The van der Waals surface area contributed by atoms with Gasteiger partial charge in [-0.05, 0) is 38.5 Å². The number of alkyl halides is 3. The third-order valence-electron chi connectivity index (χ3n) is 3.15. The Morgan fingerprint density at radius 3 is 2.23 bits per heavy atom. The molecule has 1 rings (SSSR count). The molecule has 2 atom stereocenters. The van der Waals surface area contributed by atoms with Crippen LogP contribution in [0.2, 0.25) is 0 Å². The van der Waals surface area contributed by atoms with Gasteiger partial charge < -0.3 is 25.4 Å². The first-order chi connectivity index (χ1) is 11.7. The molecule has 0 aliphatic rings. The Hall–Kier alpha value is -2.33. The SMILES string of the molecule is CC(C)(C)OC(=O)NCC(O)C(O)c1ccc(C(F)(F)F)cc1C(=O)O. The molecule has 0 aromatic heterocycles. The predicted octanol–water partition coefficient (Wildman–Crippen LogP) is 2.32. The number of carboxylic acids is 1. The molecule has 1 aromatic rings. The van der Waals surface area contributed by atoms with Gasteiger partial charge in [0.1, 0.15) is 17.8 Å². The average Bonchev–Trinajstić information content (AvgIpc) is 2.48. The van der Waals surface area contributed by atoms with Gasteiger partial charge in [0, 0.05) is 6.54 Å². The fourth-order valence-electron chi connectivity index (χ4n) is 2.00. The highest BCUT2D eigenvalue weighted by atomic mass is 19.4. The molecule has 0 saturated carbocycles. The van der Waals surface area contributed by atoms with Crippen LogP contribution in [0.5, 0.6) is 0 Å². The zero-order valence-electron chi connectivity index (χ0n) is 14.3. The summed E-state index contributed by atoms with van der Waals surface area (Å²) in [4.78, 5) is 22.7. The van der Waals surface area contributed by atoms with Crippen molar-refractivity contribution in [3.8, 4) is 0 Å². The average molecular weight is 379 g/mol. The molecule has 10 heteroatoms. The number of carbonyl (C=O) groups excluding carboxylic acids is 1. The molecule has 0 saturated heterocycles. The number of ether oxygens (including phenoxy) is 1. The molecule has 1 amide bonds.